The van der Waals surface area contributed by atoms with Crippen LogP contribution < -0.4 is 5.32 Å². The van der Waals surface area contributed by atoms with Crippen molar-refractivity contribution in [3.63, 3.8) is 0 Å². The summed E-state index contributed by atoms with van der Waals surface area (Å²) in [7, 11) is 0. The number of carbonyl (C=O) groups is 1. The van der Waals surface area contributed by atoms with Gasteiger partial charge in [0.2, 0.25) is 5.91 Å². The van der Waals surface area contributed by atoms with E-state index in [0.717, 1.165) is 0 Å². The Morgan fingerprint density at radius 1 is 1.37 bits per heavy atom. The Hall–Kier alpha value is -1.75. The maximum Gasteiger partial charge on any atom is 0.231 e. The minimum Gasteiger partial charge on any atom is -0.302 e. The maximum absolute atomic E-state index is 13.1. The second kappa shape index (κ2) is 5.09. The van der Waals surface area contributed by atoms with E-state index in [1.807, 2.05) is 20.8 Å². The highest BCUT2D eigenvalue weighted by Crippen LogP contribution is 2.26. The normalized spacial score (nSPS) is 11.4. The van der Waals surface area contributed by atoms with Crippen molar-refractivity contribution in [1.29, 1.82) is 0 Å². The monoisotopic (exact) mass is 278 g/mol. The van der Waals surface area contributed by atoms with Gasteiger partial charge in [-0.1, -0.05) is 32.9 Å². The third kappa shape index (κ3) is 3.38. The molecule has 2 aromatic rings. The summed E-state index contributed by atoms with van der Waals surface area (Å²) in [4.78, 5) is 16.1. The molecular weight excluding hydrogens is 263 g/mol. The highest BCUT2D eigenvalue weighted by molar-refractivity contribution is 7.14. The van der Waals surface area contributed by atoms with Crippen LogP contribution in [-0.2, 0) is 4.79 Å². The zero-order valence-electron chi connectivity index (χ0n) is 11.0. The molecule has 0 unspecified atom stereocenters. The lowest BCUT2D eigenvalue weighted by atomic mass is 9.96. The van der Waals surface area contributed by atoms with E-state index in [0.29, 0.717) is 16.4 Å². The zero-order valence-corrected chi connectivity index (χ0v) is 11.8. The van der Waals surface area contributed by atoms with Crippen LogP contribution in [0.25, 0.3) is 11.3 Å². The highest BCUT2D eigenvalue weighted by atomic mass is 32.1. The van der Waals surface area contributed by atoms with Gasteiger partial charge in [-0.25, -0.2) is 9.37 Å². The van der Waals surface area contributed by atoms with Crippen molar-refractivity contribution in [3.8, 4) is 11.3 Å². The number of anilines is 1. The number of nitrogens with zero attached hydrogens (tertiary/aromatic N) is 1. The smallest absolute Gasteiger partial charge is 0.231 e. The van der Waals surface area contributed by atoms with Crippen LogP contribution in [-0.4, -0.2) is 10.9 Å². The molecule has 5 heteroatoms. The Labute approximate surface area is 115 Å². The number of carbonyl (C=O) groups excluding carboxylic acids is 1. The summed E-state index contributed by atoms with van der Waals surface area (Å²) in [6, 6.07) is 6.23. The molecule has 1 aromatic heterocycles. The maximum atomic E-state index is 13.1. The van der Waals surface area contributed by atoms with E-state index >= 15 is 0 Å². The van der Waals surface area contributed by atoms with E-state index in [1.54, 1.807) is 17.5 Å². The van der Waals surface area contributed by atoms with Gasteiger partial charge in [0, 0.05) is 16.4 Å². The number of benzene rings is 1. The summed E-state index contributed by atoms with van der Waals surface area (Å²) >= 11 is 1.33. The number of halogens is 1. The second-order valence-electron chi connectivity index (χ2n) is 5.25. The lowest BCUT2D eigenvalue weighted by Crippen LogP contribution is -2.27. The first-order valence-corrected chi connectivity index (χ1v) is 6.77. The topological polar surface area (TPSA) is 42.0 Å². The fourth-order valence-electron chi connectivity index (χ4n) is 1.40. The Morgan fingerprint density at radius 3 is 2.74 bits per heavy atom. The van der Waals surface area contributed by atoms with Crippen molar-refractivity contribution >= 4 is 22.4 Å². The number of rotatable bonds is 2. The van der Waals surface area contributed by atoms with Gasteiger partial charge in [0.25, 0.3) is 0 Å². The molecule has 0 fully saturated rings. The number of hydrogen-bond acceptors (Lipinski definition) is 3. The van der Waals surface area contributed by atoms with Crippen LogP contribution in [0, 0.1) is 11.2 Å². The van der Waals surface area contributed by atoms with Crippen LogP contribution in [0.5, 0.6) is 0 Å². The van der Waals surface area contributed by atoms with Gasteiger partial charge in [0.15, 0.2) is 5.13 Å². The Kier molecular flexibility index (Phi) is 3.66. The van der Waals surface area contributed by atoms with Crippen LogP contribution in [0.1, 0.15) is 20.8 Å². The molecule has 1 heterocycles. The SMILES string of the molecule is CC(C)(C)C(=O)Nc1nc(-c2cccc(F)c2)cs1. The number of nitrogens with one attached hydrogen (secondary N) is 1. The van der Waals surface area contributed by atoms with E-state index in [9.17, 15) is 9.18 Å². The van der Waals surface area contributed by atoms with Gasteiger partial charge in [-0.2, -0.15) is 0 Å². The molecule has 0 spiro atoms. The summed E-state index contributed by atoms with van der Waals surface area (Å²) in [5, 5.41) is 5.09. The van der Waals surface area contributed by atoms with Gasteiger partial charge in [-0.3, -0.25) is 4.79 Å². The van der Waals surface area contributed by atoms with Crippen LogP contribution in [0.2, 0.25) is 0 Å². The van der Waals surface area contributed by atoms with Gasteiger partial charge in [-0.15, -0.1) is 11.3 Å². The first-order chi connectivity index (χ1) is 8.86. The third-order valence-corrected chi connectivity index (χ3v) is 3.28. The fraction of sp³-hybridized carbons (Fsp3) is 0.286. The minimum atomic E-state index is -0.468. The quantitative estimate of drug-likeness (QED) is 0.904. The molecule has 0 aliphatic rings. The Morgan fingerprint density at radius 2 is 2.11 bits per heavy atom. The molecule has 19 heavy (non-hydrogen) atoms. The van der Waals surface area contributed by atoms with Gasteiger partial charge >= 0.3 is 0 Å². The number of hydrogen-bond donors (Lipinski definition) is 1. The standard InChI is InChI=1S/C14H15FN2OS/c1-14(2,3)12(18)17-13-16-11(8-19-13)9-5-4-6-10(15)7-9/h4-8H,1-3H3,(H,16,17,18). The molecule has 3 nitrogen and oxygen atoms in total. The van der Waals surface area contributed by atoms with Gasteiger partial charge < -0.3 is 5.32 Å². The van der Waals surface area contributed by atoms with Crippen LogP contribution in [0.15, 0.2) is 29.6 Å². The zero-order chi connectivity index (χ0) is 14.0. The van der Waals surface area contributed by atoms with Gasteiger partial charge in [0.1, 0.15) is 5.82 Å². The lowest BCUT2D eigenvalue weighted by Gasteiger charge is -2.15. The van der Waals surface area contributed by atoms with E-state index in [4.69, 9.17) is 0 Å². The number of amides is 1. The molecule has 100 valence electrons. The number of thiazole rings is 1. The average molecular weight is 278 g/mol. The second-order valence-corrected chi connectivity index (χ2v) is 6.11. The molecule has 0 radical (unpaired) electrons. The third-order valence-electron chi connectivity index (χ3n) is 2.53. The highest BCUT2D eigenvalue weighted by Gasteiger charge is 2.22. The molecule has 2 rings (SSSR count). The lowest BCUT2D eigenvalue weighted by molar-refractivity contribution is -0.123. The van der Waals surface area contributed by atoms with E-state index < -0.39 is 5.41 Å². The summed E-state index contributed by atoms with van der Waals surface area (Å²) in [6.07, 6.45) is 0. The number of aromatic nitrogens is 1. The van der Waals surface area contributed by atoms with Crippen molar-refractivity contribution in [1.82, 2.24) is 4.98 Å². The van der Waals surface area contributed by atoms with Gasteiger partial charge in [-0.05, 0) is 12.1 Å². The fourth-order valence-corrected chi connectivity index (χ4v) is 2.11. The van der Waals surface area contributed by atoms with Crippen molar-refractivity contribution in [3.05, 3.63) is 35.5 Å². The summed E-state index contributed by atoms with van der Waals surface area (Å²) in [6.45, 7) is 5.51. The predicted molar refractivity (Wildman–Crippen MR) is 75.6 cm³/mol. The largest absolute Gasteiger partial charge is 0.302 e. The first-order valence-electron chi connectivity index (χ1n) is 5.89. The minimum absolute atomic E-state index is 0.0901. The summed E-state index contributed by atoms with van der Waals surface area (Å²) in [5.74, 6) is -0.390. The predicted octanol–water partition coefficient (Wildman–Crippen LogP) is 3.93. The average Bonchev–Trinajstić information content (AvgIpc) is 2.76. The van der Waals surface area contributed by atoms with E-state index in [2.05, 4.69) is 10.3 Å². The molecule has 0 atom stereocenters. The van der Waals surface area contributed by atoms with Crippen LogP contribution in [0.3, 0.4) is 0 Å². The van der Waals surface area contributed by atoms with Crippen LogP contribution >= 0.6 is 11.3 Å². The molecule has 0 saturated carbocycles. The van der Waals surface area contributed by atoms with E-state index in [1.165, 1.54) is 23.5 Å². The Bertz CT molecular complexity index is 601. The molecule has 0 bridgehead atoms. The summed E-state index contributed by atoms with van der Waals surface area (Å²) < 4.78 is 13.1. The molecule has 0 aliphatic carbocycles. The van der Waals surface area contributed by atoms with Crippen molar-refractivity contribution in [2.24, 2.45) is 5.41 Å². The van der Waals surface area contributed by atoms with Crippen LogP contribution in [0.4, 0.5) is 9.52 Å². The molecule has 1 aromatic carbocycles. The Balaban J connectivity index is 2.18. The molecule has 0 saturated heterocycles. The first kappa shape index (κ1) is 13.7. The molecular formula is C14H15FN2OS. The molecule has 1 N–H and O–H groups in total. The van der Waals surface area contributed by atoms with Crippen molar-refractivity contribution < 1.29 is 9.18 Å². The van der Waals surface area contributed by atoms with Crippen molar-refractivity contribution in [2.45, 2.75) is 20.8 Å². The van der Waals surface area contributed by atoms with Crippen molar-refractivity contribution in [2.75, 3.05) is 5.32 Å². The molecule has 0 aliphatic heterocycles. The molecule has 1 amide bonds. The van der Waals surface area contributed by atoms with Gasteiger partial charge in [0.05, 0.1) is 5.69 Å². The van der Waals surface area contributed by atoms with E-state index in [-0.39, 0.29) is 11.7 Å². The summed E-state index contributed by atoms with van der Waals surface area (Å²) in [5.41, 5.74) is 0.895.